The van der Waals surface area contributed by atoms with Crippen LogP contribution in [-0.2, 0) is 19.5 Å². The lowest BCUT2D eigenvalue weighted by molar-refractivity contribution is 0.0936. The van der Waals surface area contributed by atoms with Gasteiger partial charge in [-0.2, -0.15) is 0 Å². The van der Waals surface area contributed by atoms with E-state index in [1.54, 1.807) is 14.2 Å². The Morgan fingerprint density at radius 3 is 2.61 bits per heavy atom. The topological polar surface area (TPSA) is 60.0 Å². The number of ether oxygens (including phenoxy) is 3. The minimum Gasteiger partial charge on any atom is -0.493 e. The van der Waals surface area contributed by atoms with Gasteiger partial charge in [0, 0.05) is 19.6 Å². The summed E-state index contributed by atoms with van der Waals surface area (Å²) in [5.74, 6) is 2.31. The highest BCUT2D eigenvalue weighted by Crippen LogP contribution is 2.33. The summed E-state index contributed by atoms with van der Waals surface area (Å²) in [7, 11) is 3.35. The van der Waals surface area contributed by atoms with Crippen molar-refractivity contribution in [3.63, 3.8) is 0 Å². The summed E-state index contributed by atoms with van der Waals surface area (Å²) < 4.78 is 17.0. The predicted molar refractivity (Wildman–Crippen MR) is 131 cm³/mol. The molecule has 0 fully saturated rings. The van der Waals surface area contributed by atoms with Gasteiger partial charge in [0.25, 0.3) is 5.91 Å². The molecule has 0 aliphatic carbocycles. The molecule has 1 unspecified atom stereocenters. The zero-order valence-electron chi connectivity index (χ0n) is 19.3. The first-order chi connectivity index (χ1) is 16.1. The van der Waals surface area contributed by atoms with Crippen LogP contribution in [0.4, 0.5) is 0 Å². The van der Waals surface area contributed by atoms with E-state index >= 15 is 0 Å². The zero-order valence-corrected chi connectivity index (χ0v) is 20.1. The molecule has 1 aromatic heterocycles. The van der Waals surface area contributed by atoms with Crippen LogP contribution < -0.4 is 19.5 Å². The summed E-state index contributed by atoms with van der Waals surface area (Å²) in [5, 5.41) is 4.83. The highest BCUT2D eigenvalue weighted by Gasteiger charge is 2.20. The average molecular weight is 467 g/mol. The molecule has 7 heteroatoms. The van der Waals surface area contributed by atoms with Crippen LogP contribution in [0.1, 0.15) is 33.3 Å². The predicted octanol–water partition coefficient (Wildman–Crippen LogP) is 4.52. The van der Waals surface area contributed by atoms with E-state index < -0.39 is 0 Å². The van der Waals surface area contributed by atoms with Gasteiger partial charge in [0.2, 0.25) is 0 Å². The first kappa shape index (κ1) is 23.1. The second-order valence-electron chi connectivity index (χ2n) is 8.20. The summed E-state index contributed by atoms with van der Waals surface area (Å²) in [5.41, 5.74) is 3.80. The van der Waals surface area contributed by atoms with Gasteiger partial charge in [-0.25, -0.2) is 0 Å². The number of carbonyl (C=O) groups excluding carboxylic acids is 1. The van der Waals surface area contributed by atoms with Gasteiger partial charge in [0.05, 0.1) is 25.6 Å². The number of benzene rings is 2. The number of nitrogens with zero attached hydrogens (tertiary/aromatic N) is 1. The maximum atomic E-state index is 12.1. The fourth-order valence-electron chi connectivity index (χ4n) is 4.06. The van der Waals surface area contributed by atoms with Gasteiger partial charge >= 0.3 is 0 Å². The fraction of sp³-hybridized carbons (Fsp3) is 0.346. The molecule has 0 radical (unpaired) electrons. The quantitative estimate of drug-likeness (QED) is 0.502. The Morgan fingerprint density at radius 2 is 1.88 bits per heavy atom. The van der Waals surface area contributed by atoms with Crippen molar-refractivity contribution in [3.05, 3.63) is 75.5 Å². The van der Waals surface area contributed by atoms with E-state index in [2.05, 4.69) is 34.5 Å². The van der Waals surface area contributed by atoms with Crippen LogP contribution in [0.2, 0.25) is 0 Å². The minimum atomic E-state index is -0.131. The molecular weight excluding hydrogens is 436 g/mol. The van der Waals surface area contributed by atoms with Crippen molar-refractivity contribution >= 4 is 17.2 Å². The summed E-state index contributed by atoms with van der Waals surface area (Å²) in [6.07, 6.45) is 0.848. The van der Waals surface area contributed by atoms with Gasteiger partial charge in [0.15, 0.2) is 11.5 Å². The Balaban J connectivity index is 1.33. The largest absolute Gasteiger partial charge is 0.493 e. The second-order valence-corrected chi connectivity index (χ2v) is 9.15. The first-order valence-corrected chi connectivity index (χ1v) is 12.0. The standard InChI is InChI=1S/C26H30N2O4S/c1-18(15-27-26(29)25-8-5-11-33-25)32-22-7-4-6-19(12-22)16-28-10-9-20-13-23(30-2)24(31-3)14-21(20)17-28/h4-8,11-14,18H,9-10,15-17H2,1-3H3,(H,27,29). The van der Waals surface area contributed by atoms with Crippen molar-refractivity contribution in [1.29, 1.82) is 0 Å². The molecule has 0 saturated heterocycles. The van der Waals surface area contributed by atoms with Crippen LogP contribution in [0.3, 0.4) is 0 Å². The van der Waals surface area contributed by atoms with E-state index in [0.717, 1.165) is 43.3 Å². The van der Waals surface area contributed by atoms with Crippen LogP contribution in [0.15, 0.2) is 53.9 Å². The third-order valence-corrected chi connectivity index (χ3v) is 6.60. The molecule has 1 aliphatic heterocycles. The number of hydrogen-bond donors (Lipinski definition) is 1. The molecule has 33 heavy (non-hydrogen) atoms. The number of nitrogens with one attached hydrogen (secondary N) is 1. The molecule has 0 saturated carbocycles. The Morgan fingerprint density at radius 1 is 1.09 bits per heavy atom. The lowest BCUT2D eigenvalue weighted by Gasteiger charge is -2.29. The summed E-state index contributed by atoms with van der Waals surface area (Å²) in [6.45, 7) is 5.11. The lowest BCUT2D eigenvalue weighted by atomic mass is 9.98. The molecule has 0 bridgehead atoms. The highest BCUT2D eigenvalue weighted by atomic mass is 32.1. The Hall–Kier alpha value is -3.03. The third kappa shape index (κ3) is 5.86. The van der Waals surface area contributed by atoms with Crippen LogP contribution in [0.25, 0.3) is 0 Å². The summed E-state index contributed by atoms with van der Waals surface area (Å²) in [6, 6.07) is 16.1. The molecule has 1 atom stereocenters. The van der Waals surface area contributed by atoms with Gasteiger partial charge in [0.1, 0.15) is 11.9 Å². The van der Waals surface area contributed by atoms with Crippen LogP contribution in [0, 0.1) is 0 Å². The minimum absolute atomic E-state index is 0.0613. The molecular formula is C26H30N2O4S. The molecule has 4 rings (SSSR count). The number of fused-ring (bicyclic) bond motifs is 1. The number of methoxy groups -OCH3 is 2. The third-order valence-electron chi connectivity index (χ3n) is 5.73. The Labute approximate surface area is 199 Å². The van der Waals surface area contributed by atoms with E-state index in [-0.39, 0.29) is 12.0 Å². The van der Waals surface area contributed by atoms with Gasteiger partial charge in [-0.3, -0.25) is 9.69 Å². The van der Waals surface area contributed by atoms with Crippen molar-refractivity contribution in [1.82, 2.24) is 10.2 Å². The number of carbonyl (C=O) groups is 1. The molecule has 2 heterocycles. The molecule has 174 valence electrons. The molecule has 1 N–H and O–H groups in total. The maximum absolute atomic E-state index is 12.1. The number of rotatable bonds is 9. The number of thiophene rings is 1. The number of hydrogen-bond acceptors (Lipinski definition) is 6. The van der Waals surface area contributed by atoms with E-state index in [1.165, 1.54) is 28.0 Å². The average Bonchev–Trinajstić information content (AvgIpc) is 3.37. The van der Waals surface area contributed by atoms with E-state index in [4.69, 9.17) is 14.2 Å². The molecule has 1 aliphatic rings. The molecule has 6 nitrogen and oxygen atoms in total. The highest BCUT2D eigenvalue weighted by molar-refractivity contribution is 7.12. The summed E-state index contributed by atoms with van der Waals surface area (Å²) >= 11 is 1.43. The van der Waals surface area contributed by atoms with E-state index in [0.29, 0.717) is 11.4 Å². The maximum Gasteiger partial charge on any atom is 0.261 e. The lowest BCUT2D eigenvalue weighted by Crippen LogP contribution is -2.33. The molecule has 2 aromatic carbocycles. The van der Waals surface area contributed by atoms with Gasteiger partial charge in [-0.05, 0) is 65.7 Å². The van der Waals surface area contributed by atoms with Crippen molar-refractivity contribution in [2.45, 2.75) is 32.5 Å². The Kier molecular flexibility index (Phi) is 7.52. The van der Waals surface area contributed by atoms with Crippen LogP contribution in [-0.4, -0.2) is 44.2 Å². The number of amides is 1. The first-order valence-electron chi connectivity index (χ1n) is 11.1. The van der Waals surface area contributed by atoms with E-state index in [1.807, 2.05) is 36.6 Å². The molecule has 0 spiro atoms. The van der Waals surface area contributed by atoms with Crippen molar-refractivity contribution in [2.24, 2.45) is 0 Å². The van der Waals surface area contributed by atoms with Crippen molar-refractivity contribution in [2.75, 3.05) is 27.3 Å². The molecule has 1 amide bonds. The zero-order chi connectivity index (χ0) is 23.2. The fourth-order valence-corrected chi connectivity index (χ4v) is 4.70. The van der Waals surface area contributed by atoms with Gasteiger partial charge < -0.3 is 19.5 Å². The molecule has 3 aromatic rings. The van der Waals surface area contributed by atoms with E-state index in [9.17, 15) is 4.79 Å². The van der Waals surface area contributed by atoms with Crippen LogP contribution >= 0.6 is 11.3 Å². The van der Waals surface area contributed by atoms with Crippen molar-refractivity contribution in [3.8, 4) is 17.2 Å². The SMILES string of the molecule is COc1cc2c(cc1OC)CN(Cc1cccc(OC(C)CNC(=O)c3cccs3)c1)CC2. The second kappa shape index (κ2) is 10.7. The smallest absolute Gasteiger partial charge is 0.261 e. The normalized spacial score (nSPS) is 14.3. The van der Waals surface area contributed by atoms with Crippen molar-refractivity contribution < 1.29 is 19.0 Å². The van der Waals surface area contributed by atoms with Crippen LogP contribution in [0.5, 0.6) is 17.2 Å². The summed E-state index contributed by atoms with van der Waals surface area (Å²) in [4.78, 5) is 15.3. The Bertz CT molecular complexity index is 1080. The monoisotopic (exact) mass is 466 g/mol. The van der Waals surface area contributed by atoms with Gasteiger partial charge in [-0.1, -0.05) is 18.2 Å². The van der Waals surface area contributed by atoms with Gasteiger partial charge in [-0.15, -0.1) is 11.3 Å².